The maximum Gasteiger partial charge on any atom is 0.266 e. The second kappa shape index (κ2) is 9.58. The molecule has 0 bridgehead atoms. The van der Waals surface area contributed by atoms with E-state index in [9.17, 15) is 10.1 Å². The fraction of sp³-hybridized carbons (Fsp3) is 0.154. The van der Waals surface area contributed by atoms with Gasteiger partial charge in [-0.3, -0.25) is 4.79 Å². The Hall–Kier alpha value is -3.84. The molecule has 0 saturated heterocycles. The van der Waals surface area contributed by atoms with E-state index in [2.05, 4.69) is 37.4 Å². The van der Waals surface area contributed by atoms with E-state index in [1.165, 1.54) is 11.1 Å². The summed E-state index contributed by atoms with van der Waals surface area (Å²) in [5.41, 5.74) is 6.16. The molecular weight excluding hydrogens is 372 g/mol. The third kappa shape index (κ3) is 5.59. The lowest BCUT2D eigenvalue weighted by molar-refractivity contribution is -0.112. The average molecular weight is 396 g/mol. The maximum absolute atomic E-state index is 12.4. The lowest BCUT2D eigenvalue weighted by atomic mass is 10.1. The van der Waals surface area contributed by atoms with Crippen molar-refractivity contribution in [3.05, 3.63) is 100 Å². The van der Waals surface area contributed by atoms with Gasteiger partial charge in [0, 0.05) is 5.69 Å². The number of nitriles is 1. The molecule has 0 aromatic heterocycles. The molecule has 0 unspecified atom stereocenters. The highest BCUT2D eigenvalue weighted by molar-refractivity contribution is 6.09. The Labute approximate surface area is 177 Å². The molecule has 30 heavy (non-hydrogen) atoms. The Morgan fingerprint density at radius 2 is 1.67 bits per heavy atom. The molecule has 0 saturated carbocycles. The number of aryl methyl sites for hydroxylation is 3. The van der Waals surface area contributed by atoms with Gasteiger partial charge in [-0.1, -0.05) is 48.0 Å². The number of benzene rings is 3. The molecule has 150 valence electrons. The van der Waals surface area contributed by atoms with Crippen LogP contribution in [-0.2, 0) is 11.4 Å². The van der Waals surface area contributed by atoms with E-state index >= 15 is 0 Å². The van der Waals surface area contributed by atoms with Crippen LogP contribution < -0.4 is 10.1 Å². The first-order valence-electron chi connectivity index (χ1n) is 9.73. The second-order valence-electron chi connectivity index (χ2n) is 7.27. The summed E-state index contributed by atoms with van der Waals surface area (Å²) in [4.78, 5) is 12.4. The van der Waals surface area contributed by atoms with Crippen molar-refractivity contribution in [2.75, 3.05) is 5.32 Å². The third-order valence-corrected chi connectivity index (χ3v) is 4.84. The zero-order valence-corrected chi connectivity index (χ0v) is 17.4. The van der Waals surface area contributed by atoms with Crippen molar-refractivity contribution in [2.24, 2.45) is 0 Å². The fourth-order valence-electron chi connectivity index (χ4n) is 2.87. The third-order valence-electron chi connectivity index (χ3n) is 4.84. The van der Waals surface area contributed by atoms with E-state index in [1.807, 2.05) is 61.5 Å². The van der Waals surface area contributed by atoms with Crippen LogP contribution in [0.2, 0.25) is 0 Å². The molecule has 0 aliphatic heterocycles. The molecule has 0 heterocycles. The van der Waals surface area contributed by atoms with Crippen molar-refractivity contribution in [3.63, 3.8) is 0 Å². The molecule has 0 atom stereocenters. The zero-order valence-electron chi connectivity index (χ0n) is 17.4. The molecule has 3 aromatic carbocycles. The van der Waals surface area contributed by atoms with Crippen molar-refractivity contribution in [1.82, 2.24) is 0 Å². The van der Waals surface area contributed by atoms with Crippen LogP contribution in [0.5, 0.6) is 5.75 Å². The molecule has 3 aromatic rings. The van der Waals surface area contributed by atoms with Gasteiger partial charge in [-0.05, 0) is 73.4 Å². The monoisotopic (exact) mass is 396 g/mol. The number of nitrogens with one attached hydrogen (secondary N) is 1. The average Bonchev–Trinajstić information content (AvgIpc) is 2.75. The Balaban J connectivity index is 1.64. The second-order valence-corrected chi connectivity index (χ2v) is 7.27. The first kappa shape index (κ1) is 20.9. The molecule has 0 aliphatic carbocycles. The molecule has 0 spiro atoms. The highest BCUT2D eigenvalue weighted by Gasteiger charge is 2.09. The van der Waals surface area contributed by atoms with Gasteiger partial charge < -0.3 is 10.1 Å². The van der Waals surface area contributed by atoms with Crippen molar-refractivity contribution in [2.45, 2.75) is 27.4 Å². The molecule has 4 heteroatoms. The molecular formula is C26H24N2O2. The van der Waals surface area contributed by atoms with Gasteiger partial charge in [0.25, 0.3) is 5.91 Å². The van der Waals surface area contributed by atoms with Crippen molar-refractivity contribution in [1.29, 1.82) is 5.26 Å². The minimum Gasteiger partial charge on any atom is -0.489 e. The summed E-state index contributed by atoms with van der Waals surface area (Å²) in [5.74, 6) is 0.296. The van der Waals surface area contributed by atoms with Crippen LogP contribution in [0.1, 0.15) is 27.8 Å². The predicted molar refractivity (Wildman–Crippen MR) is 120 cm³/mol. The van der Waals surface area contributed by atoms with Gasteiger partial charge in [-0.15, -0.1) is 0 Å². The smallest absolute Gasteiger partial charge is 0.266 e. The maximum atomic E-state index is 12.4. The van der Waals surface area contributed by atoms with E-state index in [0.29, 0.717) is 12.3 Å². The molecule has 1 N–H and O–H groups in total. The number of anilines is 1. The van der Waals surface area contributed by atoms with Crippen LogP contribution in [0, 0.1) is 32.1 Å². The number of ether oxygens (including phenoxy) is 1. The van der Waals surface area contributed by atoms with Gasteiger partial charge in [0.05, 0.1) is 0 Å². The van der Waals surface area contributed by atoms with Crippen LogP contribution in [0.15, 0.2) is 72.3 Å². The Bertz CT molecular complexity index is 1110. The summed E-state index contributed by atoms with van der Waals surface area (Å²) in [6.45, 7) is 6.63. The lowest BCUT2D eigenvalue weighted by Gasteiger charge is -2.09. The summed E-state index contributed by atoms with van der Waals surface area (Å²) >= 11 is 0. The quantitative estimate of drug-likeness (QED) is 0.427. The number of carbonyl (C=O) groups excluding carboxylic acids is 1. The Kier molecular flexibility index (Phi) is 6.67. The molecule has 3 rings (SSSR count). The first-order chi connectivity index (χ1) is 14.4. The number of rotatable bonds is 6. The van der Waals surface area contributed by atoms with Gasteiger partial charge in [-0.2, -0.15) is 5.26 Å². The number of hydrogen-bond donors (Lipinski definition) is 1. The summed E-state index contributed by atoms with van der Waals surface area (Å²) < 4.78 is 5.84. The summed E-state index contributed by atoms with van der Waals surface area (Å²) in [6.07, 6.45) is 1.57. The van der Waals surface area contributed by atoms with Crippen LogP contribution in [0.3, 0.4) is 0 Å². The van der Waals surface area contributed by atoms with Gasteiger partial charge >= 0.3 is 0 Å². The lowest BCUT2D eigenvalue weighted by Crippen LogP contribution is -2.13. The van der Waals surface area contributed by atoms with Gasteiger partial charge in [-0.25, -0.2) is 0 Å². The van der Waals surface area contributed by atoms with Crippen LogP contribution in [-0.4, -0.2) is 5.91 Å². The van der Waals surface area contributed by atoms with Crippen molar-refractivity contribution < 1.29 is 9.53 Å². The first-order valence-corrected chi connectivity index (χ1v) is 9.73. The summed E-state index contributed by atoms with van der Waals surface area (Å²) in [6, 6.07) is 23.0. The predicted octanol–water partition coefficient (Wildman–Crippen LogP) is 5.74. The normalized spacial score (nSPS) is 10.9. The van der Waals surface area contributed by atoms with Crippen LogP contribution >= 0.6 is 0 Å². The molecule has 0 fully saturated rings. The number of nitrogens with zero attached hydrogens (tertiary/aromatic N) is 1. The number of amides is 1. The van der Waals surface area contributed by atoms with Gasteiger partial charge in [0.1, 0.15) is 24.0 Å². The summed E-state index contributed by atoms with van der Waals surface area (Å²) in [5, 5.41) is 12.1. The van der Waals surface area contributed by atoms with Crippen molar-refractivity contribution in [3.8, 4) is 11.8 Å². The highest BCUT2D eigenvalue weighted by atomic mass is 16.5. The molecule has 0 aliphatic rings. The van der Waals surface area contributed by atoms with Crippen LogP contribution in [0.4, 0.5) is 5.69 Å². The standard InChI is InChI=1S/C26H24N2O2/c1-18-4-10-24(11-5-18)28-26(29)23(16-27)15-21-8-12-25(13-9-21)30-17-22-7-6-19(2)20(3)14-22/h4-15H,17H2,1-3H3,(H,28,29)/b23-15+. The van der Waals surface area contributed by atoms with Gasteiger partial charge in [0.2, 0.25) is 0 Å². The van der Waals surface area contributed by atoms with Gasteiger partial charge in [0.15, 0.2) is 0 Å². The Morgan fingerprint density at radius 3 is 2.30 bits per heavy atom. The fourth-order valence-corrected chi connectivity index (χ4v) is 2.87. The highest BCUT2D eigenvalue weighted by Crippen LogP contribution is 2.18. The van der Waals surface area contributed by atoms with E-state index in [4.69, 9.17) is 4.74 Å². The molecule has 1 amide bonds. The minimum absolute atomic E-state index is 0.0411. The molecule has 0 radical (unpaired) electrons. The largest absolute Gasteiger partial charge is 0.489 e. The Morgan fingerprint density at radius 1 is 0.967 bits per heavy atom. The topological polar surface area (TPSA) is 62.1 Å². The van der Waals surface area contributed by atoms with E-state index in [-0.39, 0.29) is 5.57 Å². The number of hydrogen-bond acceptors (Lipinski definition) is 3. The summed E-state index contributed by atoms with van der Waals surface area (Å²) in [7, 11) is 0. The van der Waals surface area contributed by atoms with E-state index in [0.717, 1.165) is 22.4 Å². The molecule has 4 nitrogen and oxygen atoms in total. The van der Waals surface area contributed by atoms with E-state index < -0.39 is 5.91 Å². The number of carbonyl (C=O) groups is 1. The SMILES string of the molecule is Cc1ccc(NC(=O)/C(C#N)=C/c2ccc(OCc3ccc(C)c(C)c3)cc2)cc1. The van der Waals surface area contributed by atoms with Crippen molar-refractivity contribution >= 4 is 17.7 Å². The zero-order chi connectivity index (χ0) is 21.5. The van der Waals surface area contributed by atoms with E-state index in [1.54, 1.807) is 6.08 Å². The van der Waals surface area contributed by atoms with Crippen LogP contribution in [0.25, 0.3) is 6.08 Å². The minimum atomic E-state index is -0.434.